The van der Waals surface area contributed by atoms with Crippen LogP contribution in [0.2, 0.25) is 0 Å². The van der Waals surface area contributed by atoms with Crippen molar-refractivity contribution in [2.24, 2.45) is 0 Å². The second-order valence-electron chi connectivity index (χ2n) is 4.41. The fourth-order valence-corrected chi connectivity index (χ4v) is 1.52. The standard InChI is InChI=1S/C12H23N3O/c1-5-6-11(4)14-12(16)9-15(8-7-13)10(2)3/h10-11H,5-6,8-9H2,1-4H3,(H,14,16). The molecule has 4 heteroatoms. The highest BCUT2D eigenvalue weighted by Crippen LogP contribution is 1.98. The van der Waals surface area contributed by atoms with Gasteiger partial charge in [0.05, 0.1) is 19.2 Å². The molecule has 16 heavy (non-hydrogen) atoms. The summed E-state index contributed by atoms with van der Waals surface area (Å²) in [6.07, 6.45) is 2.05. The van der Waals surface area contributed by atoms with Gasteiger partial charge in [0.15, 0.2) is 0 Å². The van der Waals surface area contributed by atoms with Crippen molar-refractivity contribution in [3.63, 3.8) is 0 Å². The summed E-state index contributed by atoms with van der Waals surface area (Å²) in [4.78, 5) is 13.5. The Morgan fingerprint density at radius 3 is 2.50 bits per heavy atom. The van der Waals surface area contributed by atoms with Crippen LogP contribution in [0, 0.1) is 11.3 Å². The number of nitrogens with one attached hydrogen (secondary N) is 1. The highest BCUT2D eigenvalue weighted by molar-refractivity contribution is 5.78. The van der Waals surface area contributed by atoms with Gasteiger partial charge < -0.3 is 5.32 Å². The summed E-state index contributed by atoms with van der Waals surface area (Å²) < 4.78 is 0. The molecule has 1 amide bonds. The van der Waals surface area contributed by atoms with Crippen LogP contribution < -0.4 is 5.32 Å². The van der Waals surface area contributed by atoms with E-state index in [4.69, 9.17) is 5.26 Å². The van der Waals surface area contributed by atoms with Crippen molar-refractivity contribution >= 4 is 5.91 Å². The Kier molecular flexibility index (Phi) is 7.57. The molecule has 0 aromatic rings. The number of carbonyl (C=O) groups excluding carboxylic acids is 1. The first-order valence-corrected chi connectivity index (χ1v) is 5.91. The van der Waals surface area contributed by atoms with Crippen molar-refractivity contribution in [3.05, 3.63) is 0 Å². The molecular formula is C12H23N3O. The van der Waals surface area contributed by atoms with E-state index in [2.05, 4.69) is 18.3 Å². The molecule has 1 unspecified atom stereocenters. The van der Waals surface area contributed by atoms with Gasteiger partial charge in [0.1, 0.15) is 0 Å². The van der Waals surface area contributed by atoms with Crippen LogP contribution in [0.25, 0.3) is 0 Å². The van der Waals surface area contributed by atoms with Crippen LogP contribution in [0.15, 0.2) is 0 Å². The Hall–Kier alpha value is -1.08. The van der Waals surface area contributed by atoms with Gasteiger partial charge in [-0.3, -0.25) is 9.69 Å². The minimum Gasteiger partial charge on any atom is -0.353 e. The van der Waals surface area contributed by atoms with Crippen LogP contribution in [0.4, 0.5) is 0 Å². The third-order valence-electron chi connectivity index (χ3n) is 2.48. The molecule has 0 aliphatic rings. The minimum absolute atomic E-state index is 0.00454. The van der Waals surface area contributed by atoms with E-state index < -0.39 is 0 Å². The molecule has 0 aromatic heterocycles. The number of hydrogen-bond acceptors (Lipinski definition) is 3. The SMILES string of the molecule is CCCC(C)NC(=O)CN(CC#N)C(C)C. The maximum atomic E-state index is 11.7. The number of hydrogen-bond donors (Lipinski definition) is 1. The molecule has 0 aliphatic heterocycles. The van der Waals surface area contributed by atoms with E-state index in [0.717, 1.165) is 12.8 Å². The predicted octanol–water partition coefficient (Wildman–Crippen LogP) is 1.53. The summed E-state index contributed by atoms with van der Waals surface area (Å²) in [5.41, 5.74) is 0. The topological polar surface area (TPSA) is 56.1 Å². The molecule has 1 atom stereocenters. The second kappa shape index (κ2) is 8.12. The lowest BCUT2D eigenvalue weighted by atomic mass is 10.2. The third kappa shape index (κ3) is 6.41. The Labute approximate surface area is 98.6 Å². The van der Waals surface area contributed by atoms with Gasteiger partial charge in [-0.15, -0.1) is 0 Å². The molecule has 0 rings (SSSR count). The smallest absolute Gasteiger partial charge is 0.234 e. The maximum absolute atomic E-state index is 11.7. The summed E-state index contributed by atoms with van der Waals surface area (Å²) in [5.74, 6) is 0.00454. The normalized spacial score (nSPS) is 12.6. The number of rotatable bonds is 7. The van der Waals surface area contributed by atoms with Gasteiger partial charge in [-0.1, -0.05) is 13.3 Å². The van der Waals surface area contributed by atoms with E-state index in [1.54, 1.807) is 0 Å². The quantitative estimate of drug-likeness (QED) is 0.668. The summed E-state index contributed by atoms with van der Waals surface area (Å²) >= 11 is 0. The molecule has 0 heterocycles. The molecule has 4 nitrogen and oxygen atoms in total. The van der Waals surface area contributed by atoms with Gasteiger partial charge in [0, 0.05) is 12.1 Å². The number of carbonyl (C=O) groups is 1. The van der Waals surface area contributed by atoms with Crippen LogP contribution in [0.5, 0.6) is 0 Å². The van der Waals surface area contributed by atoms with E-state index in [-0.39, 0.29) is 18.0 Å². The van der Waals surface area contributed by atoms with Crippen molar-refractivity contribution < 1.29 is 4.79 Å². The van der Waals surface area contributed by atoms with Crippen LogP contribution >= 0.6 is 0 Å². The van der Waals surface area contributed by atoms with E-state index in [1.807, 2.05) is 25.7 Å². The first-order chi connectivity index (χ1) is 7.51. The Morgan fingerprint density at radius 1 is 1.44 bits per heavy atom. The predicted molar refractivity (Wildman–Crippen MR) is 64.8 cm³/mol. The van der Waals surface area contributed by atoms with Crippen LogP contribution in [-0.4, -0.2) is 36.0 Å². The van der Waals surface area contributed by atoms with Crippen molar-refractivity contribution in [1.29, 1.82) is 5.26 Å². The average Bonchev–Trinajstić information content (AvgIpc) is 2.16. The van der Waals surface area contributed by atoms with Crippen LogP contribution in [0.1, 0.15) is 40.5 Å². The number of amides is 1. The zero-order valence-electron chi connectivity index (χ0n) is 10.8. The fraction of sp³-hybridized carbons (Fsp3) is 0.833. The number of nitrogens with zero attached hydrogens (tertiary/aromatic N) is 2. The second-order valence-corrected chi connectivity index (χ2v) is 4.41. The first-order valence-electron chi connectivity index (χ1n) is 5.91. The first kappa shape index (κ1) is 14.9. The molecule has 0 radical (unpaired) electrons. The summed E-state index contributed by atoms with van der Waals surface area (Å²) in [6, 6.07) is 2.51. The van der Waals surface area contributed by atoms with Gasteiger partial charge >= 0.3 is 0 Å². The van der Waals surface area contributed by atoms with Gasteiger partial charge in [0.2, 0.25) is 5.91 Å². The average molecular weight is 225 g/mol. The maximum Gasteiger partial charge on any atom is 0.234 e. The molecule has 0 spiro atoms. The lowest BCUT2D eigenvalue weighted by Gasteiger charge is -2.23. The van der Waals surface area contributed by atoms with E-state index in [0.29, 0.717) is 13.1 Å². The zero-order chi connectivity index (χ0) is 12.6. The summed E-state index contributed by atoms with van der Waals surface area (Å²) in [7, 11) is 0. The largest absolute Gasteiger partial charge is 0.353 e. The highest BCUT2D eigenvalue weighted by Gasteiger charge is 2.14. The van der Waals surface area contributed by atoms with E-state index >= 15 is 0 Å². The minimum atomic E-state index is 0.00454. The van der Waals surface area contributed by atoms with Crippen LogP contribution in [0.3, 0.4) is 0 Å². The molecule has 0 aliphatic carbocycles. The Morgan fingerprint density at radius 2 is 2.06 bits per heavy atom. The lowest BCUT2D eigenvalue weighted by Crippen LogP contribution is -2.43. The Balaban J connectivity index is 4.05. The summed E-state index contributed by atoms with van der Waals surface area (Å²) in [5, 5.41) is 11.6. The molecule has 0 saturated carbocycles. The molecular weight excluding hydrogens is 202 g/mol. The van der Waals surface area contributed by atoms with Crippen molar-refractivity contribution in [3.8, 4) is 6.07 Å². The molecule has 92 valence electrons. The van der Waals surface area contributed by atoms with Gasteiger partial charge in [0.25, 0.3) is 0 Å². The molecule has 0 fully saturated rings. The summed E-state index contributed by atoms with van der Waals surface area (Å²) in [6.45, 7) is 8.68. The third-order valence-corrected chi connectivity index (χ3v) is 2.48. The van der Waals surface area contributed by atoms with E-state index in [9.17, 15) is 4.79 Å². The van der Waals surface area contributed by atoms with Crippen molar-refractivity contribution in [1.82, 2.24) is 10.2 Å². The Bertz CT molecular complexity index is 245. The number of nitriles is 1. The molecule has 0 bridgehead atoms. The lowest BCUT2D eigenvalue weighted by molar-refractivity contribution is -0.123. The van der Waals surface area contributed by atoms with Gasteiger partial charge in [-0.05, 0) is 27.2 Å². The fourth-order valence-electron chi connectivity index (χ4n) is 1.52. The monoisotopic (exact) mass is 225 g/mol. The molecule has 0 saturated heterocycles. The van der Waals surface area contributed by atoms with Crippen LogP contribution in [-0.2, 0) is 4.79 Å². The highest BCUT2D eigenvalue weighted by atomic mass is 16.2. The molecule has 1 N–H and O–H groups in total. The van der Waals surface area contributed by atoms with E-state index in [1.165, 1.54) is 0 Å². The van der Waals surface area contributed by atoms with Gasteiger partial charge in [-0.2, -0.15) is 5.26 Å². The van der Waals surface area contributed by atoms with Gasteiger partial charge in [-0.25, -0.2) is 0 Å². The van der Waals surface area contributed by atoms with Crippen molar-refractivity contribution in [2.45, 2.75) is 52.6 Å². The zero-order valence-corrected chi connectivity index (χ0v) is 10.8. The molecule has 0 aromatic carbocycles. The van der Waals surface area contributed by atoms with Crippen molar-refractivity contribution in [2.75, 3.05) is 13.1 Å².